The summed E-state index contributed by atoms with van der Waals surface area (Å²) < 4.78 is 0. The maximum atomic E-state index is 2.56. The molecule has 0 spiro atoms. The predicted molar refractivity (Wildman–Crippen MR) is 271 cm³/mol. The first-order valence-electron chi connectivity index (χ1n) is 27.9. The molecule has 0 saturated carbocycles. The lowest BCUT2D eigenvalue weighted by atomic mass is 9.75. The van der Waals surface area contributed by atoms with Crippen LogP contribution in [0.3, 0.4) is 0 Å². The van der Waals surface area contributed by atoms with Crippen LogP contribution in [0.1, 0.15) is 321 Å². The molecular weight excluding hydrogens is 697 g/mol. The lowest BCUT2D eigenvalue weighted by molar-refractivity contribution is 0.203. The van der Waals surface area contributed by atoms with Gasteiger partial charge in [0.05, 0.1) is 0 Å². The summed E-state index contributed by atoms with van der Waals surface area (Å²) >= 11 is 0. The smallest absolute Gasteiger partial charge is 0.0363 e. The van der Waals surface area contributed by atoms with Gasteiger partial charge >= 0.3 is 0 Å². The largest absolute Gasteiger partial charge is 0.0654 e. The highest BCUT2D eigenvalue weighted by molar-refractivity contribution is 4.73. The summed E-state index contributed by atoms with van der Waals surface area (Å²) in [5.41, 5.74) is 0. The number of hydrogen-bond donors (Lipinski definition) is 0. The van der Waals surface area contributed by atoms with Gasteiger partial charge in [-0.3, -0.25) is 0 Å². The second-order valence-electron chi connectivity index (χ2n) is 22.1. The molecule has 0 bridgehead atoms. The maximum Gasteiger partial charge on any atom is -0.0363 e. The van der Waals surface area contributed by atoms with Crippen LogP contribution in [-0.2, 0) is 0 Å². The van der Waals surface area contributed by atoms with Gasteiger partial charge in [0.25, 0.3) is 0 Å². The fourth-order valence-corrected chi connectivity index (χ4v) is 9.77. The number of hydrogen-bond acceptors (Lipinski definition) is 0. The van der Waals surface area contributed by atoms with Crippen LogP contribution in [0.15, 0.2) is 0 Å². The molecule has 0 heterocycles. The SMILES string of the molecule is CCCCCCCCCCCCC(C)C(CCC(C)CCCC(C)C)C(C)CC.CCCCCCCCCCCCC(C)CCC(C)CCCC(C)CCCC(C)C. The summed E-state index contributed by atoms with van der Waals surface area (Å²) in [6, 6.07) is 0. The van der Waals surface area contributed by atoms with E-state index in [9.17, 15) is 0 Å². The molecule has 0 aromatic rings. The Kier molecular flexibility index (Phi) is 46.7. The Balaban J connectivity index is 0. The van der Waals surface area contributed by atoms with E-state index in [1.807, 2.05) is 0 Å². The van der Waals surface area contributed by atoms with E-state index in [0.29, 0.717) is 0 Å². The van der Waals surface area contributed by atoms with E-state index < -0.39 is 0 Å². The minimum atomic E-state index is 0.871. The van der Waals surface area contributed by atoms with Crippen molar-refractivity contribution < 1.29 is 0 Å². The average Bonchev–Trinajstić information content (AvgIpc) is 3.18. The van der Waals surface area contributed by atoms with Crippen LogP contribution in [0.4, 0.5) is 0 Å². The zero-order valence-corrected chi connectivity index (χ0v) is 43.7. The van der Waals surface area contributed by atoms with E-state index in [1.54, 1.807) is 0 Å². The molecule has 0 saturated heterocycles. The molecule has 0 nitrogen and oxygen atoms in total. The van der Waals surface area contributed by atoms with Crippen molar-refractivity contribution in [3.05, 3.63) is 0 Å². The molecule has 0 heteroatoms. The van der Waals surface area contributed by atoms with E-state index in [4.69, 9.17) is 0 Å². The van der Waals surface area contributed by atoms with Gasteiger partial charge < -0.3 is 0 Å². The zero-order chi connectivity index (χ0) is 43.7. The molecule has 7 atom stereocenters. The Morgan fingerprint density at radius 2 is 0.500 bits per heavy atom. The zero-order valence-electron chi connectivity index (χ0n) is 43.7. The molecule has 0 aromatic heterocycles. The fraction of sp³-hybridized carbons (Fsp3) is 1.00. The molecule has 0 aliphatic rings. The van der Waals surface area contributed by atoms with Crippen molar-refractivity contribution in [2.45, 2.75) is 321 Å². The summed E-state index contributed by atoms with van der Waals surface area (Å²) in [5, 5.41) is 0. The van der Waals surface area contributed by atoms with Crippen LogP contribution in [0.2, 0.25) is 0 Å². The van der Waals surface area contributed by atoms with Gasteiger partial charge in [-0.05, 0) is 59.7 Å². The molecule has 0 fully saturated rings. The highest BCUT2D eigenvalue weighted by Crippen LogP contribution is 2.34. The molecule has 0 aliphatic heterocycles. The van der Waals surface area contributed by atoms with Crippen LogP contribution in [0, 0.1) is 53.3 Å². The predicted octanol–water partition coefficient (Wildman–Crippen LogP) is 21.8. The third kappa shape index (κ3) is 44.1. The Bertz CT molecular complexity index is 749. The van der Waals surface area contributed by atoms with Crippen molar-refractivity contribution in [1.82, 2.24) is 0 Å². The molecule has 0 aromatic carbocycles. The van der Waals surface area contributed by atoms with Crippen molar-refractivity contribution in [3.8, 4) is 0 Å². The van der Waals surface area contributed by atoms with Crippen LogP contribution in [0.5, 0.6) is 0 Å². The lowest BCUT2D eigenvalue weighted by Gasteiger charge is -2.30. The van der Waals surface area contributed by atoms with Crippen LogP contribution in [0.25, 0.3) is 0 Å². The van der Waals surface area contributed by atoms with Crippen molar-refractivity contribution in [2.75, 3.05) is 0 Å². The van der Waals surface area contributed by atoms with Crippen LogP contribution in [-0.4, -0.2) is 0 Å². The standard InChI is InChI=1S/2C29H60/c1-8-10-11-12-13-14-15-16-17-18-22-28(7)29(27(6)9-2)24-23-26(5)21-19-20-25(3)4;1-7-8-9-10-11-12-13-14-15-16-20-28(5)24-25-29(6)23-18-22-27(4)21-17-19-26(2)3/h25-29H,8-24H2,1-7H3;26-29H,7-25H2,1-6H3. The minimum absolute atomic E-state index is 0.871. The van der Waals surface area contributed by atoms with E-state index in [0.717, 1.165) is 53.3 Å². The van der Waals surface area contributed by atoms with Gasteiger partial charge in [0.15, 0.2) is 0 Å². The monoisotopic (exact) mass is 817 g/mol. The fourth-order valence-electron chi connectivity index (χ4n) is 9.77. The van der Waals surface area contributed by atoms with Crippen molar-refractivity contribution in [3.63, 3.8) is 0 Å². The molecule has 7 unspecified atom stereocenters. The van der Waals surface area contributed by atoms with Crippen LogP contribution < -0.4 is 0 Å². The highest BCUT2D eigenvalue weighted by atomic mass is 14.3. The second kappa shape index (κ2) is 45.0. The van der Waals surface area contributed by atoms with Crippen molar-refractivity contribution >= 4 is 0 Å². The highest BCUT2D eigenvalue weighted by Gasteiger charge is 2.23. The molecule has 58 heavy (non-hydrogen) atoms. The molecule has 0 aliphatic carbocycles. The maximum absolute atomic E-state index is 2.56. The molecule has 0 amide bonds. The van der Waals surface area contributed by atoms with Gasteiger partial charge in [0.2, 0.25) is 0 Å². The Morgan fingerprint density at radius 3 is 0.845 bits per heavy atom. The normalized spacial score (nSPS) is 15.6. The van der Waals surface area contributed by atoms with E-state index in [-0.39, 0.29) is 0 Å². The summed E-state index contributed by atoms with van der Waals surface area (Å²) in [6.45, 7) is 31.5. The Hall–Kier alpha value is 0. The molecular formula is C58H120. The lowest BCUT2D eigenvalue weighted by Crippen LogP contribution is -2.20. The molecule has 0 N–H and O–H groups in total. The topological polar surface area (TPSA) is 0 Å². The van der Waals surface area contributed by atoms with Crippen molar-refractivity contribution in [1.29, 1.82) is 0 Å². The Morgan fingerprint density at radius 1 is 0.224 bits per heavy atom. The van der Waals surface area contributed by atoms with Gasteiger partial charge in [-0.25, -0.2) is 0 Å². The first-order valence-corrected chi connectivity index (χ1v) is 27.9. The minimum Gasteiger partial charge on any atom is -0.0654 e. The Labute approximate surface area is 373 Å². The van der Waals surface area contributed by atoms with Gasteiger partial charge in [-0.1, -0.05) is 315 Å². The summed E-state index contributed by atoms with van der Waals surface area (Å²) in [6.07, 6.45) is 52.3. The number of unbranched alkanes of at least 4 members (excludes halogenated alkanes) is 18. The van der Waals surface area contributed by atoms with E-state index in [1.165, 1.54) is 231 Å². The third-order valence-corrected chi connectivity index (χ3v) is 14.7. The van der Waals surface area contributed by atoms with Gasteiger partial charge in [0, 0.05) is 0 Å². The molecule has 0 rings (SSSR count). The van der Waals surface area contributed by atoms with Gasteiger partial charge in [0.1, 0.15) is 0 Å². The van der Waals surface area contributed by atoms with E-state index >= 15 is 0 Å². The first kappa shape index (κ1) is 60.1. The van der Waals surface area contributed by atoms with Gasteiger partial charge in [-0.15, -0.1) is 0 Å². The average molecular weight is 818 g/mol. The summed E-state index contributed by atoms with van der Waals surface area (Å²) in [4.78, 5) is 0. The van der Waals surface area contributed by atoms with Gasteiger partial charge in [-0.2, -0.15) is 0 Å². The van der Waals surface area contributed by atoms with Crippen LogP contribution >= 0.6 is 0 Å². The molecule has 0 radical (unpaired) electrons. The second-order valence-corrected chi connectivity index (χ2v) is 22.1. The quantitative estimate of drug-likeness (QED) is 0.0538. The summed E-state index contributed by atoms with van der Waals surface area (Å²) in [5.74, 6) is 8.26. The van der Waals surface area contributed by atoms with E-state index in [2.05, 4.69) is 90.0 Å². The first-order chi connectivity index (χ1) is 27.9. The van der Waals surface area contributed by atoms with Crippen molar-refractivity contribution in [2.24, 2.45) is 53.3 Å². The third-order valence-electron chi connectivity index (χ3n) is 14.7. The number of rotatable bonds is 43. The molecule has 352 valence electrons. The summed E-state index contributed by atoms with van der Waals surface area (Å²) in [7, 11) is 0.